The summed E-state index contributed by atoms with van der Waals surface area (Å²) in [5, 5.41) is 17.2. The maximum Gasteiger partial charge on any atom is 0.288 e. The number of halogens is 1. The first-order chi connectivity index (χ1) is 11.5. The van der Waals surface area contributed by atoms with Gasteiger partial charge >= 0.3 is 0 Å². The molecule has 0 spiro atoms. The molecule has 1 amide bonds. The fourth-order valence-electron chi connectivity index (χ4n) is 3.45. The Balaban J connectivity index is 1.74. The number of nitrogens with zero attached hydrogens (tertiary/aromatic N) is 2. The lowest BCUT2D eigenvalue weighted by atomic mass is 10.0. The van der Waals surface area contributed by atoms with E-state index in [1.54, 1.807) is 12.1 Å². The van der Waals surface area contributed by atoms with Crippen molar-refractivity contribution in [3.8, 4) is 0 Å². The van der Waals surface area contributed by atoms with Crippen molar-refractivity contribution in [3.63, 3.8) is 0 Å². The van der Waals surface area contributed by atoms with E-state index in [-0.39, 0.29) is 28.7 Å². The minimum atomic E-state index is -0.476. The minimum Gasteiger partial charge on any atom is -0.367 e. The highest BCUT2D eigenvalue weighted by Crippen LogP contribution is 2.34. The van der Waals surface area contributed by atoms with Crippen molar-refractivity contribution >= 4 is 28.9 Å². The van der Waals surface area contributed by atoms with Crippen molar-refractivity contribution in [2.45, 2.75) is 38.3 Å². The highest BCUT2D eigenvalue weighted by Gasteiger charge is 2.34. The van der Waals surface area contributed by atoms with Gasteiger partial charge in [-0.05, 0) is 37.5 Å². The molecule has 1 fully saturated rings. The third-order valence-corrected chi connectivity index (χ3v) is 4.75. The molecule has 0 bridgehead atoms. The number of carbonyl (C=O) groups is 1. The van der Waals surface area contributed by atoms with Gasteiger partial charge in [-0.3, -0.25) is 14.9 Å². The summed E-state index contributed by atoms with van der Waals surface area (Å²) in [6.45, 7) is 2.36. The highest BCUT2D eigenvalue weighted by atomic mass is 35.5. The fraction of sp³-hybridized carbons (Fsp3) is 0.438. The second-order valence-electron chi connectivity index (χ2n) is 6.08. The summed E-state index contributed by atoms with van der Waals surface area (Å²) < 4.78 is 0. The summed E-state index contributed by atoms with van der Waals surface area (Å²) in [5.74, 6) is 0.654. The Labute approximate surface area is 144 Å². The zero-order chi connectivity index (χ0) is 17.3. The van der Waals surface area contributed by atoms with Gasteiger partial charge in [0.2, 0.25) is 5.91 Å². The molecular formula is C16H19ClN4O3. The van der Waals surface area contributed by atoms with Crippen LogP contribution in [0.25, 0.3) is 0 Å². The number of nitro benzene ring substituents is 1. The molecule has 1 aromatic carbocycles. The van der Waals surface area contributed by atoms with E-state index in [1.807, 2.05) is 6.08 Å². The average Bonchev–Trinajstić information content (AvgIpc) is 3.14. The molecule has 1 saturated heterocycles. The number of benzene rings is 1. The quantitative estimate of drug-likeness (QED) is 0.643. The van der Waals surface area contributed by atoms with E-state index in [4.69, 9.17) is 11.6 Å². The molecule has 0 aromatic heterocycles. The van der Waals surface area contributed by atoms with Gasteiger partial charge < -0.3 is 15.5 Å². The molecule has 7 nitrogen and oxygen atoms in total. The number of nitro groups is 1. The molecule has 2 aliphatic heterocycles. The van der Waals surface area contributed by atoms with E-state index in [2.05, 4.69) is 15.5 Å². The fourth-order valence-corrected chi connectivity index (χ4v) is 3.69. The maximum atomic E-state index is 11.2. The molecule has 3 rings (SSSR count). The van der Waals surface area contributed by atoms with Gasteiger partial charge in [-0.2, -0.15) is 0 Å². The van der Waals surface area contributed by atoms with Gasteiger partial charge in [0.25, 0.3) is 5.69 Å². The molecule has 0 saturated carbocycles. The topological polar surface area (TPSA) is 87.5 Å². The molecule has 2 N–H and O–H groups in total. The standard InChI is InChI=1S/C16H19ClN4O3/c1-10(22)18-16-7-5-13(19-16)15-3-2-8-20(15)11-4-6-14(21(23)24)12(17)9-11/h4,6-7,9,13,15,19H,2-3,5,8H2,1H3,(H,18,22)/t13?,15-/m0/s1. The molecule has 2 aliphatic rings. The van der Waals surface area contributed by atoms with Gasteiger partial charge in [0.15, 0.2) is 0 Å². The van der Waals surface area contributed by atoms with Crippen molar-refractivity contribution in [1.82, 2.24) is 10.6 Å². The molecule has 128 valence electrons. The van der Waals surface area contributed by atoms with Gasteiger partial charge in [0.05, 0.1) is 11.0 Å². The van der Waals surface area contributed by atoms with Crippen molar-refractivity contribution < 1.29 is 9.72 Å². The van der Waals surface area contributed by atoms with E-state index < -0.39 is 4.92 Å². The van der Waals surface area contributed by atoms with Crippen molar-refractivity contribution in [1.29, 1.82) is 0 Å². The van der Waals surface area contributed by atoms with Crippen LogP contribution in [0.5, 0.6) is 0 Å². The largest absolute Gasteiger partial charge is 0.367 e. The number of amides is 1. The number of nitrogens with one attached hydrogen (secondary N) is 2. The summed E-state index contributed by atoms with van der Waals surface area (Å²) in [6, 6.07) is 5.32. The van der Waals surface area contributed by atoms with Crippen LogP contribution in [-0.2, 0) is 4.79 Å². The Bertz CT molecular complexity index is 707. The highest BCUT2D eigenvalue weighted by molar-refractivity contribution is 6.32. The summed E-state index contributed by atoms with van der Waals surface area (Å²) in [6.07, 6.45) is 4.89. The summed E-state index contributed by atoms with van der Waals surface area (Å²) in [5.41, 5.74) is 0.813. The molecule has 0 radical (unpaired) electrons. The zero-order valence-corrected chi connectivity index (χ0v) is 14.0. The van der Waals surface area contributed by atoms with Crippen LogP contribution in [-0.4, -0.2) is 29.5 Å². The maximum absolute atomic E-state index is 11.2. The molecule has 2 atom stereocenters. The first-order valence-electron chi connectivity index (χ1n) is 7.90. The molecular weight excluding hydrogens is 332 g/mol. The smallest absolute Gasteiger partial charge is 0.288 e. The predicted molar refractivity (Wildman–Crippen MR) is 91.9 cm³/mol. The van der Waals surface area contributed by atoms with Gasteiger partial charge in [-0.1, -0.05) is 11.6 Å². The van der Waals surface area contributed by atoms with Gasteiger partial charge in [-0.15, -0.1) is 0 Å². The van der Waals surface area contributed by atoms with Gasteiger partial charge in [0.1, 0.15) is 10.8 Å². The Kier molecular flexibility index (Phi) is 4.62. The Morgan fingerprint density at radius 1 is 1.50 bits per heavy atom. The Morgan fingerprint density at radius 2 is 2.29 bits per heavy atom. The normalized spacial score (nSPS) is 22.9. The van der Waals surface area contributed by atoms with Crippen LogP contribution < -0.4 is 15.5 Å². The summed E-state index contributed by atoms with van der Waals surface area (Å²) >= 11 is 6.05. The molecule has 1 unspecified atom stereocenters. The molecule has 0 aliphatic carbocycles. The molecule has 24 heavy (non-hydrogen) atoms. The first kappa shape index (κ1) is 16.6. The van der Waals surface area contributed by atoms with Crippen LogP contribution in [0.1, 0.15) is 26.2 Å². The second-order valence-corrected chi connectivity index (χ2v) is 6.49. The lowest BCUT2D eigenvalue weighted by molar-refractivity contribution is -0.384. The van der Waals surface area contributed by atoms with E-state index in [9.17, 15) is 14.9 Å². The summed E-state index contributed by atoms with van der Waals surface area (Å²) in [4.78, 5) is 23.8. The average molecular weight is 351 g/mol. The van der Waals surface area contributed by atoms with Crippen molar-refractivity contribution in [2.24, 2.45) is 0 Å². The third-order valence-electron chi connectivity index (χ3n) is 4.45. The molecule has 2 heterocycles. The zero-order valence-electron chi connectivity index (χ0n) is 13.3. The van der Waals surface area contributed by atoms with Crippen LogP contribution in [0, 0.1) is 10.1 Å². The number of anilines is 1. The third kappa shape index (κ3) is 3.31. The van der Waals surface area contributed by atoms with E-state index in [0.717, 1.165) is 37.3 Å². The number of carbonyl (C=O) groups excluding carboxylic acids is 1. The number of hydrogen-bond donors (Lipinski definition) is 2. The van der Waals surface area contributed by atoms with Gasteiger partial charge in [0, 0.05) is 31.3 Å². The Morgan fingerprint density at radius 3 is 2.96 bits per heavy atom. The number of hydrogen-bond acceptors (Lipinski definition) is 5. The van der Waals surface area contributed by atoms with Crippen LogP contribution >= 0.6 is 11.6 Å². The van der Waals surface area contributed by atoms with E-state index in [1.165, 1.54) is 13.0 Å². The van der Waals surface area contributed by atoms with Crippen LogP contribution in [0.15, 0.2) is 30.1 Å². The lowest BCUT2D eigenvalue weighted by Gasteiger charge is -2.32. The lowest BCUT2D eigenvalue weighted by Crippen LogP contribution is -2.46. The second kappa shape index (κ2) is 6.68. The first-order valence-corrected chi connectivity index (χ1v) is 8.28. The van der Waals surface area contributed by atoms with E-state index >= 15 is 0 Å². The van der Waals surface area contributed by atoms with Crippen LogP contribution in [0.2, 0.25) is 5.02 Å². The summed E-state index contributed by atoms with van der Waals surface area (Å²) in [7, 11) is 0. The molecule has 1 aromatic rings. The van der Waals surface area contributed by atoms with Crippen molar-refractivity contribution in [2.75, 3.05) is 11.4 Å². The van der Waals surface area contributed by atoms with Crippen LogP contribution in [0.3, 0.4) is 0 Å². The number of rotatable bonds is 4. The monoisotopic (exact) mass is 350 g/mol. The molecule has 8 heteroatoms. The van der Waals surface area contributed by atoms with Gasteiger partial charge in [-0.25, -0.2) is 0 Å². The SMILES string of the molecule is CC(=O)NC1=CCC([C@@H]2CCCN2c2ccc([N+](=O)[O-])c(Cl)c2)N1. The van der Waals surface area contributed by atoms with Crippen molar-refractivity contribution in [3.05, 3.63) is 45.2 Å². The minimum absolute atomic E-state index is 0.0789. The predicted octanol–water partition coefficient (Wildman–Crippen LogP) is 2.56. The van der Waals surface area contributed by atoms with E-state index in [0.29, 0.717) is 0 Å². The Hall–Kier alpha value is -2.28. The van der Waals surface area contributed by atoms with Crippen LogP contribution in [0.4, 0.5) is 11.4 Å².